The van der Waals surface area contributed by atoms with Gasteiger partial charge < -0.3 is 4.74 Å². The monoisotopic (exact) mass is 220 g/mol. The fourth-order valence-electron chi connectivity index (χ4n) is 1.07. The first kappa shape index (κ1) is 13.8. The van der Waals surface area contributed by atoms with Crippen LogP contribution in [0, 0.1) is 0 Å². The van der Waals surface area contributed by atoms with Crippen LogP contribution in [0.5, 0.6) is 0 Å². The van der Waals surface area contributed by atoms with E-state index in [0.717, 1.165) is 6.42 Å². The molecule has 0 saturated carbocycles. The maximum atomic E-state index is 5.89. The zero-order valence-electron chi connectivity index (χ0n) is 9.97. The summed E-state index contributed by atoms with van der Waals surface area (Å²) in [6, 6.07) is 0.128. The predicted molar refractivity (Wildman–Crippen MR) is 60.0 cm³/mol. The molecule has 1 atom stereocenters. The van der Waals surface area contributed by atoms with Crippen molar-refractivity contribution in [2.45, 2.75) is 57.7 Å². The van der Waals surface area contributed by atoms with E-state index in [-0.39, 0.29) is 11.6 Å². The third kappa shape index (κ3) is 7.27. The van der Waals surface area contributed by atoms with Gasteiger partial charge in [0.1, 0.15) is 5.00 Å². The summed E-state index contributed by atoms with van der Waals surface area (Å²) in [6.45, 7) is 9.70. The van der Waals surface area contributed by atoms with Crippen LogP contribution in [0.1, 0.15) is 41.0 Å². The third-order valence-corrected chi connectivity index (χ3v) is 1.91. The summed E-state index contributed by atoms with van der Waals surface area (Å²) in [6.07, 6.45) is 0.833. The average Bonchev–Trinajstić information content (AvgIpc) is 1.99. The highest BCUT2D eigenvalue weighted by molar-refractivity contribution is 6.23. The summed E-state index contributed by atoms with van der Waals surface area (Å²) < 4.78 is 5.31. The van der Waals surface area contributed by atoms with E-state index in [2.05, 4.69) is 10.2 Å². The molecule has 14 heavy (non-hydrogen) atoms. The molecule has 0 radical (unpaired) electrons. The zero-order chi connectivity index (χ0) is 11.4. The first-order chi connectivity index (χ1) is 6.16. The van der Waals surface area contributed by atoms with E-state index in [4.69, 9.17) is 16.3 Å². The predicted octanol–water partition coefficient (Wildman–Crippen LogP) is 3.62. The van der Waals surface area contributed by atoms with Crippen LogP contribution in [0.2, 0.25) is 0 Å². The molecule has 0 aromatic rings. The van der Waals surface area contributed by atoms with Gasteiger partial charge in [0.15, 0.2) is 0 Å². The minimum atomic E-state index is -0.606. The number of azo groups is 1. The van der Waals surface area contributed by atoms with Gasteiger partial charge in [-0.3, -0.25) is 0 Å². The molecule has 0 aliphatic heterocycles. The molecular formula is C10H21ClN2O. The molecule has 0 aliphatic rings. The highest BCUT2D eigenvalue weighted by Gasteiger charge is 2.20. The Morgan fingerprint density at radius 3 is 2.14 bits per heavy atom. The summed E-state index contributed by atoms with van der Waals surface area (Å²) in [5.41, 5.74) is -0.158. The molecule has 0 amide bonds. The zero-order valence-corrected chi connectivity index (χ0v) is 10.7. The SMILES string of the molecule is COC(C)(C)CC(C)/N=N/C(C)(C)Cl. The van der Waals surface area contributed by atoms with Gasteiger partial charge in [0.05, 0.1) is 11.6 Å². The number of rotatable bonds is 5. The van der Waals surface area contributed by atoms with E-state index in [1.165, 1.54) is 0 Å². The Kier molecular flexibility index (Phi) is 5.02. The molecule has 0 spiro atoms. The maximum absolute atomic E-state index is 5.89. The molecule has 4 heteroatoms. The second-order valence-electron chi connectivity index (χ2n) is 4.64. The highest BCUT2D eigenvalue weighted by atomic mass is 35.5. The standard InChI is InChI=1S/C10H21ClN2O/c1-8(7-9(2,3)14-6)12-13-10(4,5)11/h8H,7H2,1-6H3/b13-12+. The van der Waals surface area contributed by atoms with Crippen LogP contribution in [0.25, 0.3) is 0 Å². The minimum absolute atomic E-state index is 0.128. The van der Waals surface area contributed by atoms with Crippen molar-refractivity contribution < 1.29 is 4.74 Å². The summed E-state index contributed by atoms with van der Waals surface area (Å²) in [5, 5.41) is 8.15. The van der Waals surface area contributed by atoms with E-state index in [9.17, 15) is 0 Å². The molecular weight excluding hydrogens is 200 g/mol. The minimum Gasteiger partial charge on any atom is -0.379 e. The number of hydrogen-bond acceptors (Lipinski definition) is 3. The number of alkyl halides is 1. The first-order valence-corrected chi connectivity index (χ1v) is 5.20. The Balaban J connectivity index is 4.11. The second kappa shape index (κ2) is 5.08. The van der Waals surface area contributed by atoms with Gasteiger partial charge in [-0.1, -0.05) is 11.6 Å². The molecule has 0 N–H and O–H groups in total. The maximum Gasteiger partial charge on any atom is 0.149 e. The van der Waals surface area contributed by atoms with Crippen LogP contribution in [0.15, 0.2) is 10.2 Å². The fourth-order valence-corrected chi connectivity index (χ4v) is 1.12. The highest BCUT2D eigenvalue weighted by Crippen LogP contribution is 2.20. The number of methoxy groups -OCH3 is 1. The van der Waals surface area contributed by atoms with Crippen molar-refractivity contribution in [3.63, 3.8) is 0 Å². The summed E-state index contributed by atoms with van der Waals surface area (Å²) >= 11 is 5.89. The van der Waals surface area contributed by atoms with E-state index in [1.807, 2.05) is 34.6 Å². The van der Waals surface area contributed by atoms with Crippen LogP contribution in [-0.2, 0) is 4.74 Å². The van der Waals surface area contributed by atoms with Crippen molar-refractivity contribution >= 4 is 11.6 Å². The lowest BCUT2D eigenvalue weighted by Crippen LogP contribution is -2.26. The van der Waals surface area contributed by atoms with Crippen LogP contribution < -0.4 is 0 Å². The molecule has 0 saturated heterocycles. The Morgan fingerprint density at radius 2 is 1.79 bits per heavy atom. The lowest BCUT2D eigenvalue weighted by molar-refractivity contribution is 0.0110. The largest absolute Gasteiger partial charge is 0.379 e. The molecule has 0 heterocycles. The lowest BCUT2D eigenvalue weighted by Gasteiger charge is -2.24. The molecule has 0 rings (SSSR count). The van der Waals surface area contributed by atoms with E-state index < -0.39 is 5.00 Å². The number of nitrogens with zero attached hydrogens (tertiary/aromatic N) is 2. The topological polar surface area (TPSA) is 34.0 Å². The van der Waals surface area contributed by atoms with Crippen LogP contribution in [0.4, 0.5) is 0 Å². The van der Waals surface area contributed by atoms with Crippen molar-refractivity contribution in [2.24, 2.45) is 10.2 Å². The average molecular weight is 221 g/mol. The van der Waals surface area contributed by atoms with Crippen LogP contribution in [0.3, 0.4) is 0 Å². The Labute approximate surface area is 91.9 Å². The fraction of sp³-hybridized carbons (Fsp3) is 1.00. The van der Waals surface area contributed by atoms with Crippen molar-refractivity contribution in [3.8, 4) is 0 Å². The third-order valence-electron chi connectivity index (χ3n) is 1.83. The number of hydrogen-bond donors (Lipinski definition) is 0. The van der Waals surface area contributed by atoms with Crippen molar-refractivity contribution in [1.29, 1.82) is 0 Å². The van der Waals surface area contributed by atoms with Gasteiger partial charge in [-0.2, -0.15) is 10.2 Å². The van der Waals surface area contributed by atoms with Crippen molar-refractivity contribution in [1.82, 2.24) is 0 Å². The summed E-state index contributed by atoms with van der Waals surface area (Å²) in [4.78, 5) is -0.606. The van der Waals surface area contributed by atoms with Gasteiger partial charge in [0.2, 0.25) is 0 Å². The van der Waals surface area contributed by atoms with E-state index in [0.29, 0.717) is 0 Å². The number of halogens is 1. The van der Waals surface area contributed by atoms with Gasteiger partial charge in [0.25, 0.3) is 0 Å². The smallest absolute Gasteiger partial charge is 0.149 e. The van der Waals surface area contributed by atoms with Gasteiger partial charge >= 0.3 is 0 Å². The van der Waals surface area contributed by atoms with E-state index in [1.54, 1.807) is 7.11 Å². The van der Waals surface area contributed by atoms with Crippen LogP contribution >= 0.6 is 11.6 Å². The molecule has 84 valence electrons. The normalized spacial score (nSPS) is 16.2. The molecule has 0 bridgehead atoms. The molecule has 0 fully saturated rings. The Bertz CT molecular complexity index is 197. The van der Waals surface area contributed by atoms with Gasteiger partial charge in [0, 0.05) is 7.11 Å². The number of ether oxygens (including phenoxy) is 1. The molecule has 0 aliphatic carbocycles. The quantitative estimate of drug-likeness (QED) is 0.396. The van der Waals surface area contributed by atoms with Crippen molar-refractivity contribution in [3.05, 3.63) is 0 Å². The van der Waals surface area contributed by atoms with Gasteiger partial charge in [-0.25, -0.2) is 0 Å². The van der Waals surface area contributed by atoms with Crippen molar-refractivity contribution in [2.75, 3.05) is 7.11 Å². The first-order valence-electron chi connectivity index (χ1n) is 4.82. The summed E-state index contributed by atoms with van der Waals surface area (Å²) in [7, 11) is 1.70. The molecule has 0 aromatic heterocycles. The van der Waals surface area contributed by atoms with E-state index >= 15 is 0 Å². The van der Waals surface area contributed by atoms with Crippen LogP contribution in [-0.4, -0.2) is 23.8 Å². The Morgan fingerprint density at radius 1 is 1.29 bits per heavy atom. The molecule has 3 nitrogen and oxygen atoms in total. The van der Waals surface area contributed by atoms with Gasteiger partial charge in [-0.05, 0) is 41.0 Å². The van der Waals surface area contributed by atoms with Gasteiger partial charge in [-0.15, -0.1) is 0 Å². The second-order valence-corrected chi connectivity index (χ2v) is 5.57. The molecule has 0 aromatic carbocycles. The summed E-state index contributed by atoms with van der Waals surface area (Å²) in [5.74, 6) is 0. The lowest BCUT2D eigenvalue weighted by atomic mass is 10.0. The molecule has 1 unspecified atom stereocenters. The Hall–Kier alpha value is -0.150.